The zero-order valence-corrected chi connectivity index (χ0v) is 8.82. The average molecular weight is 225 g/mol. The van der Waals surface area contributed by atoms with E-state index >= 15 is 0 Å². The van der Waals surface area contributed by atoms with Crippen molar-refractivity contribution in [3.63, 3.8) is 0 Å². The van der Waals surface area contributed by atoms with Gasteiger partial charge in [-0.3, -0.25) is 9.59 Å². The van der Waals surface area contributed by atoms with E-state index in [1.165, 1.54) is 13.0 Å². The molecule has 0 aromatic heterocycles. The number of rotatable bonds is 3. The van der Waals surface area contributed by atoms with Crippen molar-refractivity contribution in [3.05, 3.63) is 35.9 Å². The molecule has 0 aliphatic heterocycles. The number of carbonyl (C=O) groups is 2. The minimum atomic E-state index is -0.400. The molecule has 0 N–H and O–H groups in total. The van der Waals surface area contributed by atoms with E-state index in [0.717, 1.165) is 0 Å². The Balaban J connectivity index is 2.96. The van der Waals surface area contributed by atoms with E-state index in [-0.39, 0.29) is 0 Å². The van der Waals surface area contributed by atoms with Crippen LogP contribution in [0.4, 0.5) is 0 Å². The van der Waals surface area contributed by atoms with E-state index < -0.39 is 5.97 Å². The molecule has 78 valence electrons. The number of benzene rings is 1. The van der Waals surface area contributed by atoms with Crippen molar-refractivity contribution in [1.82, 2.24) is 0 Å². The number of aldehydes is 1. The van der Waals surface area contributed by atoms with Crippen molar-refractivity contribution in [1.29, 1.82) is 0 Å². The lowest BCUT2D eigenvalue weighted by molar-refractivity contribution is -0.131. The van der Waals surface area contributed by atoms with Gasteiger partial charge in [0.1, 0.15) is 12.0 Å². The van der Waals surface area contributed by atoms with Gasteiger partial charge in [-0.25, -0.2) is 0 Å². The van der Waals surface area contributed by atoms with Gasteiger partial charge in [0, 0.05) is 6.92 Å². The standard InChI is InChI=1S/C11H9ClO3/c1-8(14)15-10-4-2-3-9(7-10)11(12)5-6-13/h2-7H,1H3. The fourth-order valence-electron chi connectivity index (χ4n) is 1.03. The lowest BCUT2D eigenvalue weighted by atomic mass is 10.2. The molecule has 0 aliphatic carbocycles. The Morgan fingerprint density at radius 3 is 2.80 bits per heavy atom. The first-order valence-corrected chi connectivity index (χ1v) is 4.61. The van der Waals surface area contributed by atoms with Crippen molar-refractivity contribution in [2.24, 2.45) is 0 Å². The Morgan fingerprint density at radius 1 is 1.47 bits per heavy atom. The molecule has 0 radical (unpaired) electrons. The van der Waals surface area contributed by atoms with Gasteiger partial charge in [-0.15, -0.1) is 0 Å². The van der Waals surface area contributed by atoms with Crippen LogP contribution < -0.4 is 4.74 Å². The minimum absolute atomic E-state index is 0.305. The van der Waals surface area contributed by atoms with Gasteiger partial charge in [0.2, 0.25) is 0 Å². The number of carbonyl (C=O) groups excluding carboxylic acids is 2. The van der Waals surface area contributed by atoms with Crippen LogP contribution in [0, 0.1) is 0 Å². The molecule has 1 aromatic carbocycles. The third-order valence-corrected chi connectivity index (χ3v) is 1.93. The van der Waals surface area contributed by atoms with Crippen LogP contribution in [0.3, 0.4) is 0 Å². The molecule has 0 bridgehead atoms. The average Bonchev–Trinajstić information content (AvgIpc) is 2.17. The summed E-state index contributed by atoms with van der Waals surface area (Å²) in [7, 11) is 0. The second-order valence-corrected chi connectivity index (χ2v) is 3.18. The summed E-state index contributed by atoms with van der Waals surface area (Å²) < 4.78 is 4.87. The number of hydrogen-bond donors (Lipinski definition) is 0. The third kappa shape index (κ3) is 3.56. The number of esters is 1. The van der Waals surface area contributed by atoms with E-state index in [9.17, 15) is 9.59 Å². The second-order valence-electron chi connectivity index (χ2n) is 2.77. The highest BCUT2D eigenvalue weighted by Gasteiger charge is 2.02. The van der Waals surface area contributed by atoms with Crippen LogP contribution >= 0.6 is 11.6 Å². The number of hydrogen-bond acceptors (Lipinski definition) is 3. The summed E-state index contributed by atoms with van der Waals surface area (Å²) in [5.74, 6) is 0.0000818. The fraction of sp³-hybridized carbons (Fsp3) is 0.0909. The van der Waals surface area contributed by atoms with Crippen LogP contribution in [0.2, 0.25) is 0 Å². The molecule has 0 unspecified atom stereocenters. The number of allylic oxidation sites excluding steroid dienone is 1. The molecule has 1 rings (SSSR count). The summed E-state index contributed by atoms with van der Waals surface area (Å²) in [4.78, 5) is 20.9. The topological polar surface area (TPSA) is 43.4 Å². The van der Waals surface area contributed by atoms with Crippen LogP contribution in [0.25, 0.3) is 5.03 Å². The summed E-state index contributed by atoms with van der Waals surface area (Å²) in [6, 6.07) is 6.63. The first-order chi connectivity index (χ1) is 7.13. The Labute approximate surface area is 92.3 Å². The smallest absolute Gasteiger partial charge is 0.308 e. The Morgan fingerprint density at radius 2 is 2.20 bits per heavy atom. The molecule has 0 heterocycles. The molecule has 0 saturated carbocycles. The van der Waals surface area contributed by atoms with Gasteiger partial charge >= 0.3 is 5.97 Å². The van der Waals surface area contributed by atoms with Crippen LogP contribution in [0.5, 0.6) is 5.75 Å². The quantitative estimate of drug-likeness (QED) is 0.343. The lowest BCUT2D eigenvalue weighted by Crippen LogP contribution is -2.01. The first-order valence-electron chi connectivity index (χ1n) is 4.23. The van der Waals surface area contributed by atoms with Gasteiger partial charge in [0.15, 0.2) is 0 Å². The molecule has 0 saturated heterocycles. The van der Waals surface area contributed by atoms with Crippen molar-refractivity contribution < 1.29 is 14.3 Å². The maximum absolute atomic E-state index is 10.7. The van der Waals surface area contributed by atoms with Gasteiger partial charge in [-0.05, 0) is 23.8 Å². The van der Waals surface area contributed by atoms with Crippen LogP contribution in [0.15, 0.2) is 30.3 Å². The molecular weight excluding hydrogens is 216 g/mol. The predicted octanol–water partition coefficient (Wildman–Crippen LogP) is 2.39. The normalized spacial score (nSPS) is 10.9. The number of ether oxygens (including phenoxy) is 1. The second kappa shape index (κ2) is 5.32. The summed E-state index contributed by atoms with van der Waals surface area (Å²) in [5.41, 5.74) is 0.627. The SMILES string of the molecule is CC(=O)Oc1cccc(C(Cl)=CC=O)c1. The Hall–Kier alpha value is -1.61. The van der Waals surface area contributed by atoms with Crippen LogP contribution in [0.1, 0.15) is 12.5 Å². The van der Waals surface area contributed by atoms with E-state index in [4.69, 9.17) is 16.3 Å². The molecule has 4 heteroatoms. The van der Waals surface area contributed by atoms with Crippen molar-refractivity contribution in [2.45, 2.75) is 6.92 Å². The fourth-order valence-corrected chi connectivity index (χ4v) is 1.20. The Bertz CT molecular complexity index is 410. The zero-order chi connectivity index (χ0) is 11.3. The van der Waals surface area contributed by atoms with E-state index in [1.54, 1.807) is 24.3 Å². The van der Waals surface area contributed by atoms with Crippen molar-refractivity contribution >= 4 is 28.9 Å². The van der Waals surface area contributed by atoms with Crippen LogP contribution in [-0.4, -0.2) is 12.3 Å². The van der Waals surface area contributed by atoms with Gasteiger partial charge in [-0.2, -0.15) is 0 Å². The molecule has 0 aliphatic rings. The van der Waals surface area contributed by atoms with Gasteiger partial charge < -0.3 is 4.74 Å². The first kappa shape index (κ1) is 11.5. The molecule has 1 aromatic rings. The maximum atomic E-state index is 10.7. The van der Waals surface area contributed by atoms with Crippen molar-refractivity contribution in [3.8, 4) is 5.75 Å². The molecule has 0 spiro atoms. The van der Waals surface area contributed by atoms with Gasteiger partial charge in [-0.1, -0.05) is 23.7 Å². The molecule has 3 nitrogen and oxygen atoms in total. The monoisotopic (exact) mass is 224 g/mol. The molecular formula is C11H9ClO3. The van der Waals surface area contributed by atoms with E-state index in [2.05, 4.69) is 0 Å². The Kier molecular flexibility index (Phi) is 4.06. The third-order valence-electron chi connectivity index (χ3n) is 1.59. The highest BCUT2D eigenvalue weighted by atomic mass is 35.5. The summed E-state index contributed by atoms with van der Waals surface area (Å²) in [6.45, 7) is 1.32. The van der Waals surface area contributed by atoms with Gasteiger partial charge in [0.05, 0.1) is 5.03 Å². The summed E-state index contributed by atoms with van der Waals surface area (Å²) >= 11 is 5.80. The van der Waals surface area contributed by atoms with Crippen LogP contribution in [-0.2, 0) is 9.59 Å². The number of halogens is 1. The van der Waals surface area contributed by atoms with Crippen molar-refractivity contribution in [2.75, 3.05) is 0 Å². The lowest BCUT2D eigenvalue weighted by Gasteiger charge is -2.03. The maximum Gasteiger partial charge on any atom is 0.308 e. The molecule has 0 fully saturated rings. The molecule has 0 amide bonds. The highest BCUT2D eigenvalue weighted by molar-refractivity contribution is 6.49. The molecule has 0 atom stereocenters. The summed E-state index contributed by atoms with van der Waals surface area (Å²) in [5, 5.41) is 0.305. The zero-order valence-electron chi connectivity index (χ0n) is 8.07. The summed E-state index contributed by atoms with van der Waals surface area (Å²) in [6.07, 6.45) is 1.83. The van der Waals surface area contributed by atoms with E-state index in [1.807, 2.05) is 0 Å². The van der Waals surface area contributed by atoms with E-state index in [0.29, 0.717) is 22.6 Å². The predicted molar refractivity (Wildman–Crippen MR) is 57.6 cm³/mol. The highest BCUT2D eigenvalue weighted by Crippen LogP contribution is 2.22. The molecule has 15 heavy (non-hydrogen) atoms. The largest absolute Gasteiger partial charge is 0.427 e. The minimum Gasteiger partial charge on any atom is -0.427 e. The van der Waals surface area contributed by atoms with Gasteiger partial charge in [0.25, 0.3) is 0 Å².